The molecule has 2 rings (SSSR count). The Labute approximate surface area is 139 Å². The number of rotatable bonds is 3. The Kier molecular flexibility index (Phi) is 5.81. The molecule has 0 aromatic heterocycles. The van der Waals surface area contributed by atoms with Gasteiger partial charge in [-0.3, -0.25) is 9.69 Å². The van der Waals surface area contributed by atoms with Crippen LogP contribution in [0.3, 0.4) is 0 Å². The van der Waals surface area contributed by atoms with Crippen LogP contribution in [0.1, 0.15) is 38.3 Å². The molecule has 0 radical (unpaired) electrons. The largest absolute Gasteiger partial charge is 0.378 e. The number of benzene rings is 1. The number of hydrogen-bond acceptors (Lipinski definition) is 3. The van der Waals surface area contributed by atoms with Gasteiger partial charge in [0.2, 0.25) is 5.91 Å². The van der Waals surface area contributed by atoms with Gasteiger partial charge in [0, 0.05) is 44.7 Å². The summed E-state index contributed by atoms with van der Waals surface area (Å²) in [6, 6.07) is 8.10. The van der Waals surface area contributed by atoms with Crippen LogP contribution in [0.2, 0.25) is 0 Å². The minimum atomic E-state index is -0.970. The van der Waals surface area contributed by atoms with Crippen LogP contribution < -0.4 is 0 Å². The van der Waals surface area contributed by atoms with Crippen molar-refractivity contribution in [3.63, 3.8) is 0 Å². The van der Waals surface area contributed by atoms with E-state index in [4.69, 9.17) is 0 Å². The molecule has 0 spiro atoms. The Morgan fingerprint density at radius 1 is 1.17 bits per heavy atom. The van der Waals surface area contributed by atoms with Gasteiger partial charge < -0.3 is 10.0 Å². The first kappa shape index (κ1) is 17.5. The molecular weight excluding hydrogens is 288 g/mol. The highest BCUT2D eigenvalue weighted by molar-refractivity contribution is 5.76. The summed E-state index contributed by atoms with van der Waals surface area (Å²) in [6.07, 6.45) is 0.600. The molecule has 0 saturated carbocycles. The number of amides is 1. The zero-order valence-electron chi connectivity index (χ0n) is 14.3. The average Bonchev–Trinajstić information content (AvgIpc) is 2.68. The highest BCUT2D eigenvalue weighted by Crippen LogP contribution is 2.11. The molecule has 1 amide bonds. The third-order valence-corrected chi connectivity index (χ3v) is 3.94. The lowest BCUT2D eigenvalue weighted by molar-refractivity contribution is -0.130. The van der Waals surface area contributed by atoms with Crippen LogP contribution in [0.15, 0.2) is 24.3 Å². The molecule has 1 N–H and O–H groups in total. The number of carbonyl (C=O) groups excluding carboxylic acids is 1. The summed E-state index contributed by atoms with van der Waals surface area (Å²) in [7, 11) is 0. The smallest absolute Gasteiger partial charge is 0.223 e. The summed E-state index contributed by atoms with van der Waals surface area (Å²) in [4.78, 5) is 16.2. The van der Waals surface area contributed by atoms with Gasteiger partial charge in [0.25, 0.3) is 0 Å². The van der Waals surface area contributed by atoms with Gasteiger partial charge in [-0.25, -0.2) is 0 Å². The molecule has 0 atom stereocenters. The molecule has 1 aromatic carbocycles. The van der Waals surface area contributed by atoms with Crippen LogP contribution in [-0.2, 0) is 11.3 Å². The van der Waals surface area contributed by atoms with Crippen molar-refractivity contribution in [3.05, 3.63) is 35.4 Å². The highest BCUT2D eigenvalue weighted by atomic mass is 16.3. The van der Waals surface area contributed by atoms with Crippen LogP contribution in [0.5, 0.6) is 0 Å². The van der Waals surface area contributed by atoms with Crippen molar-refractivity contribution < 1.29 is 9.90 Å². The van der Waals surface area contributed by atoms with Crippen molar-refractivity contribution >= 4 is 5.91 Å². The predicted molar refractivity (Wildman–Crippen MR) is 91.8 cm³/mol. The van der Waals surface area contributed by atoms with Crippen molar-refractivity contribution in [2.24, 2.45) is 0 Å². The van der Waals surface area contributed by atoms with E-state index in [0.717, 1.165) is 38.3 Å². The van der Waals surface area contributed by atoms with Gasteiger partial charge in [0.05, 0.1) is 0 Å². The predicted octanol–water partition coefficient (Wildman–Crippen LogP) is 1.86. The third kappa shape index (κ3) is 5.70. The molecule has 23 heavy (non-hydrogen) atoms. The number of aliphatic hydroxyl groups is 1. The molecule has 1 fully saturated rings. The van der Waals surface area contributed by atoms with E-state index >= 15 is 0 Å². The van der Waals surface area contributed by atoms with Crippen LogP contribution in [-0.4, -0.2) is 52.6 Å². The Hall–Kier alpha value is -1.83. The number of nitrogens with zero attached hydrogens (tertiary/aromatic N) is 2. The second kappa shape index (κ2) is 7.63. The van der Waals surface area contributed by atoms with Gasteiger partial charge in [0.15, 0.2) is 0 Å². The van der Waals surface area contributed by atoms with Crippen molar-refractivity contribution in [2.75, 3.05) is 26.2 Å². The molecule has 0 aliphatic carbocycles. The van der Waals surface area contributed by atoms with E-state index in [2.05, 4.69) is 28.9 Å². The van der Waals surface area contributed by atoms with Crippen molar-refractivity contribution in [2.45, 2.75) is 39.3 Å². The fraction of sp³-hybridized carbons (Fsp3) is 0.526. The van der Waals surface area contributed by atoms with Crippen LogP contribution in [0.25, 0.3) is 0 Å². The zero-order chi connectivity index (χ0) is 16.9. The van der Waals surface area contributed by atoms with Crippen LogP contribution in [0.4, 0.5) is 0 Å². The summed E-state index contributed by atoms with van der Waals surface area (Å²) in [5, 5.41) is 9.63. The normalized spacial score (nSPS) is 16.7. The average molecular weight is 314 g/mol. The van der Waals surface area contributed by atoms with Crippen molar-refractivity contribution in [3.8, 4) is 11.8 Å². The maximum atomic E-state index is 11.9. The highest BCUT2D eigenvalue weighted by Gasteiger charge is 2.19. The van der Waals surface area contributed by atoms with Gasteiger partial charge in [-0.1, -0.05) is 24.0 Å². The molecule has 0 bridgehead atoms. The lowest BCUT2D eigenvalue weighted by Crippen LogP contribution is -2.32. The molecule has 1 heterocycles. The number of hydrogen-bond donors (Lipinski definition) is 1. The summed E-state index contributed by atoms with van der Waals surface area (Å²) < 4.78 is 0. The van der Waals surface area contributed by atoms with Gasteiger partial charge in [-0.15, -0.1) is 0 Å². The maximum Gasteiger partial charge on any atom is 0.223 e. The number of likely N-dealkylation sites (N-methyl/N-ethyl adjacent to an activating group) is 1. The minimum absolute atomic E-state index is 0.257. The van der Waals surface area contributed by atoms with E-state index in [0.29, 0.717) is 6.42 Å². The molecule has 4 nitrogen and oxygen atoms in total. The Morgan fingerprint density at radius 3 is 2.48 bits per heavy atom. The quantitative estimate of drug-likeness (QED) is 0.866. The Balaban J connectivity index is 1.95. The molecule has 1 saturated heterocycles. The molecular formula is C19H26N2O2. The molecule has 0 unspecified atom stereocenters. The first-order valence-electron chi connectivity index (χ1n) is 8.22. The topological polar surface area (TPSA) is 43.8 Å². The van der Waals surface area contributed by atoms with E-state index in [1.807, 2.05) is 24.0 Å². The maximum absolute atomic E-state index is 11.9. The van der Waals surface area contributed by atoms with Crippen molar-refractivity contribution in [1.29, 1.82) is 0 Å². The Morgan fingerprint density at radius 2 is 1.87 bits per heavy atom. The Bertz CT molecular complexity index is 591. The number of carbonyl (C=O) groups is 1. The lowest BCUT2D eigenvalue weighted by atomic mass is 10.1. The van der Waals surface area contributed by atoms with Gasteiger partial charge >= 0.3 is 0 Å². The molecule has 1 aromatic rings. The molecule has 124 valence electrons. The van der Waals surface area contributed by atoms with E-state index < -0.39 is 5.60 Å². The molecule has 1 aliphatic heterocycles. The van der Waals surface area contributed by atoms with E-state index in [1.54, 1.807) is 13.8 Å². The first-order chi connectivity index (χ1) is 10.9. The monoisotopic (exact) mass is 314 g/mol. The second-order valence-corrected chi connectivity index (χ2v) is 6.51. The summed E-state index contributed by atoms with van der Waals surface area (Å²) in [5.41, 5.74) is 1.15. The van der Waals surface area contributed by atoms with Crippen LogP contribution >= 0.6 is 0 Å². The standard InChI is InChI=1S/C19H26N2O2/c1-4-21-14-13-20(12-10-18(21)22)15-17-7-5-16(6-8-17)9-11-19(2,3)23/h5-8,23H,4,10,12-15H2,1-3H3. The first-order valence-corrected chi connectivity index (χ1v) is 8.22. The van der Waals surface area contributed by atoms with Gasteiger partial charge in [0.1, 0.15) is 5.60 Å². The minimum Gasteiger partial charge on any atom is -0.378 e. The molecule has 4 heteroatoms. The lowest BCUT2D eigenvalue weighted by Gasteiger charge is -2.21. The van der Waals surface area contributed by atoms with Gasteiger partial charge in [-0.05, 0) is 38.5 Å². The zero-order valence-corrected chi connectivity index (χ0v) is 14.3. The fourth-order valence-corrected chi connectivity index (χ4v) is 2.58. The van der Waals surface area contributed by atoms with E-state index in [9.17, 15) is 9.90 Å². The van der Waals surface area contributed by atoms with Crippen LogP contribution in [0, 0.1) is 11.8 Å². The van der Waals surface area contributed by atoms with Crippen molar-refractivity contribution in [1.82, 2.24) is 9.80 Å². The SMILES string of the molecule is CCN1CCN(Cc2ccc(C#CC(C)(C)O)cc2)CCC1=O. The molecule has 1 aliphatic rings. The summed E-state index contributed by atoms with van der Waals surface area (Å²) in [5.74, 6) is 6.05. The second-order valence-electron chi connectivity index (χ2n) is 6.51. The summed E-state index contributed by atoms with van der Waals surface area (Å²) >= 11 is 0. The van der Waals surface area contributed by atoms with E-state index in [1.165, 1.54) is 5.56 Å². The van der Waals surface area contributed by atoms with Gasteiger partial charge in [-0.2, -0.15) is 0 Å². The summed E-state index contributed by atoms with van der Waals surface area (Å²) in [6.45, 7) is 9.56. The van der Waals surface area contributed by atoms with E-state index in [-0.39, 0.29) is 5.91 Å². The fourth-order valence-electron chi connectivity index (χ4n) is 2.58. The third-order valence-electron chi connectivity index (χ3n) is 3.94.